The van der Waals surface area contributed by atoms with Gasteiger partial charge >= 0.3 is 0 Å². The summed E-state index contributed by atoms with van der Waals surface area (Å²) in [5.41, 5.74) is 1.07. The SMILES string of the molecule is CN(CCS(=O)(=O)c1ccccc1)Cc1ccc2c(c1)OCCO2. The number of hydrogen-bond donors (Lipinski definition) is 0. The van der Waals surface area contributed by atoms with Crippen LogP contribution in [0.4, 0.5) is 0 Å². The maximum absolute atomic E-state index is 12.3. The standard InChI is InChI=1S/C18H21NO4S/c1-19(9-12-24(20,21)16-5-3-2-4-6-16)14-15-7-8-17-18(13-15)23-11-10-22-17/h2-8,13H,9-12,14H2,1H3. The van der Waals surface area contributed by atoms with Crippen molar-refractivity contribution in [1.29, 1.82) is 0 Å². The van der Waals surface area contributed by atoms with Gasteiger partial charge in [0.1, 0.15) is 13.2 Å². The Hall–Kier alpha value is -2.05. The molecule has 3 rings (SSSR count). The predicted molar refractivity (Wildman–Crippen MR) is 92.3 cm³/mol. The van der Waals surface area contributed by atoms with Gasteiger partial charge in [-0.1, -0.05) is 24.3 Å². The van der Waals surface area contributed by atoms with E-state index in [2.05, 4.69) is 0 Å². The normalized spacial score (nSPS) is 13.9. The van der Waals surface area contributed by atoms with Crippen molar-refractivity contribution >= 4 is 9.84 Å². The molecule has 0 saturated carbocycles. The number of rotatable bonds is 6. The zero-order chi connectivity index (χ0) is 17.0. The molecule has 0 fully saturated rings. The van der Waals surface area contributed by atoms with Gasteiger partial charge in [-0.3, -0.25) is 0 Å². The summed E-state index contributed by atoms with van der Waals surface area (Å²) >= 11 is 0. The van der Waals surface area contributed by atoms with Crippen molar-refractivity contribution in [3.8, 4) is 11.5 Å². The average molecular weight is 347 g/mol. The molecule has 0 spiro atoms. The molecule has 0 saturated heterocycles. The van der Waals surface area contributed by atoms with Crippen molar-refractivity contribution < 1.29 is 17.9 Å². The fraction of sp³-hybridized carbons (Fsp3) is 0.333. The molecule has 5 nitrogen and oxygen atoms in total. The number of ether oxygens (including phenoxy) is 2. The van der Waals surface area contributed by atoms with Crippen molar-refractivity contribution in [3.63, 3.8) is 0 Å². The van der Waals surface area contributed by atoms with Crippen LogP contribution >= 0.6 is 0 Å². The van der Waals surface area contributed by atoms with E-state index < -0.39 is 9.84 Å². The Morgan fingerprint density at radius 3 is 2.46 bits per heavy atom. The highest BCUT2D eigenvalue weighted by molar-refractivity contribution is 7.91. The summed E-state index contributed by atoms with van der Waals surface area (Å²) in [6.45, 7) is 2.25. The second-order valence-electron chi connectivity index (χ2n) is 5.85. The van der Waals surface area contributed by atoms with Crippen molar-refractivity contribution in [3.05, 3.63) is 54.1 Å². The van der Waals surface area contributed by atoms with Gasteiger partial charge in [-0.05, 0) is 36.9 Å². The first-order valence-electron chi connectivity index (χ1n) is 7.89. The van der Waals surface area contributed by atoms with Gasteiger partial charge in [-0.2, -0.15) is 0 Å². The van der Waals surface area contributed by atoms with Crippen molar-refractivity contribution in [2.24, 2.45) is 0 Å². The van der Waals surface area contributed by atoms with E-state index in [-0.39, 0.29) is 5.75 Å². The van der Waals surface area contributed by atoms with E-state index in [4.69, 9.17) is 9.47 Å². The maximum Gasteiger partial charge on any atom is 0.179 e. The monoisotopic (exact) mass is 347 g/mol. The van der Waals surface area contributed by atoms with E-state index in [0.717, 1.165) is 17.1 Å². The van der Waals surface area contributed by atoms with Crippen LogP contribution in [0.5, 0.6) is 11.5 Å². The molecule has 1 heterocycles. The Morgan fingerprint density at radius 2 is 1.71 bits per heavy atom. The van der Waals surface area contributed by atoms with E-state index in [0.29, 0.717) is 31.2 Å². The van der Waals surface area contributed by atoms with Crippen LogP contribution in [-0.4, -0.2) is 45.9 Å². The van der Waals surface area contributed by atoms with Crippen LogP contribution in [0.2, 0.25) is 0 Å². The third-order valence-electron chi connectivity index (χ3n) is 3.90. The first-order chi connectivity index (χ1) is 11.5. The molecular weight excluding hydrogens is 326 g/mol. The van der Waals surface area contributed by atoms with Crippen LogP contribution in [0.15, 0.2) is 53.4 Å². The molecule has 2 aromatic carbocycles. The number of sulfone groups is 1. The number of nitrogens with zero attached hydrogens (tertiary/aromatic N) is 1. The van der Waals surface area contributed by atoms with Crippen molar-refractivity contribution in [2.45, 2.75) is 11.4 Å². The molecule has 0 amide bonds. The molecule has 1 aliphatic rings. The average Bonchev–Trinajstić information content (AvgIpc) is 2.61. The quantitative estimate of drug-likeness (QED) is 0.803. The number of hydrogen-bond acceptors (Lipinski definition) is 5. The Balaban J connectivity index is 1.59. The van der Waals surface area contributed by atoms with Gasteiger partial charge in [0.25, 0.3) is 0 Å². The molecule has 1 aliphatic heterocycles. The van der Waals surface area contributed by atoms with Gasteiger partial charge in [-0.15, -0.1) is 0 Å². The van der Waals surface area contributed by atoms with Gasteiger partial charge in [0, 0.05) is 13.1 Å². The number of benzene rings is 2. The molecule has 2 aromatic rings. The van der Waals surface area contributed by atoms with Gasteiger partial charge < -0.3 is 14.4 Å². The highest BCUT2D eigenvalue weighted by Crippen LogP contribution is 2.31. The summed E-state index contributed by atoms with van der Waals surface area (Å²) in [7, 11) is -1.33. The lowest BCUT2D eigenvalue weighted by atomic mass is 10.2. The van der Waals surface area contributed by atoms with E-state index in [1.807, 2.05) is 36.2 Å². The first-order valence-corrected chi connectivity index (χ1v) is 9.55. The van der Waals surface area contributed by atoms with Crippen LogP contribution in [0, 0.1) is 0 Å². The fourth-order valence-corrected chi connectivity index (χ4v) is 3.96. The molecule has 6 heteroatoms. The van der Waals surface area contributed by atoms with Gasteiger partial charge in [0.15, 0.2) is 21.3 Å². The molecular formula is C18H21NO4S. The van der Waals surface area contributed by atoms with E-state index in [1.165, 1.54) is 0 Å². The molecule has 0 atom stereocenters. The van der Waals surface area contributed by atoms with E-state index >= 15 is 0 Å². The zero-order valence-electron chi connectivity index (χ0n) is 13.6. The van der Waals surface area contributed by atoms with Crippen LogP contribution in [0.1, 0.15) is 5.56 Å². The van der Waals surface area contributed by atoms with Crippen LogP contribution in [0.3, 0.4) is 0 Å². The maximum atomic E-state index is 12.3. The third kappa shape index (κ3) is 4.07. The lowest BCUT2D eigenvalue weighted by molar-refractivity contribution is 0.171. The topological polar surface area (TPSA) is 55.8 Å². The highest BCUT2D eigenvalue weighted by Gasteiger charge is 2.16. The van der Waals surface area contributed by atoms with Crippen molar-refractivity contribution in [2.75, 3.05) is 32.6 Å². The molecule has 0 unspecified atom stereocenters. The molecule has 0 aliphatic carbocycles. The second kappa shape index (κ2) is 7.23. The molecule has 0 radical (unpaired) electrons. The zero-order valence-corrected chi connectivity index (χ0v) is 14.5. The van der Waals surface area contributed by atoms with Crippen molar-refractivity contribution in [1.82, 2.24) is 4.90 Å². The van der Waals surface area contributed by atoms with Gasteiger partial charge in [-0.25, -0.2) is 8.42 Å². The van der Waals surface area contributed by atoms with Gasteiger partial charge in [0.2, 0.25) is 0 Å². The first kappa shape index (κ1) is 16.8. The predicted octanol–water partition coefficient (Wildman–Crippen LogP) is 2.36. The number of fused-ring (bicyclic) bond motifs is 1. The summed E-state index contributed by atoms with van der Waals surface area (Å²) in [5.74, 6) is 1.61. The summed E-state index contributed by atoms with van der Waals surface area (Å²) in [5, 5.41) is 0. The van der Waals surface area contributed by atoms with E-state index in [9.17, 15) is 8.42 Å². The Morgan fingerprint density at radius 1 is 1.00 bits per heavy atom. The minimum atomic E-state index is -3.25. The van der Waals surface area contributed by atoms with Crippen LogP contribution in [-0.2, 0) is 16.4 Å². The fourth-order valence-electron chi connectivity index (χ4n) is 2.60. The summed E-state index contributed by atoms with van der Waals surface area (Å²) in [4.78, 5) is 2.36. The molecule has 128 valence electrons. The van der Waals surface area contributed by atoms with Crippen LogP contribution < -0.4 is 9.47 Å². The lowest BCUT2D eigenvalue weighted by Gasteiger charge is -2.21. The Kier molecular flexibility index (Phi) is 5.06. The minimum absolute atomic E-state index is 0.0953. The summed E-state index contributed by atoms with van der Waals surface area (Å²) in [6.07, 6.45) is 0. The highest BCUT2D eigenvalue weighted by atomic mass is 32.2. The lowest BCUT2D eigenvalue weighted by Crippen LogP contribution is -2.25. The third-order valence-corrected chi connectivity index (χ3v) is 5.61. The largest absolute Gasteiger partial charge is 0.486 e. The van der Waals surface area contributed by atoms with Crippen LogP contribution in [0.25, 0.3) is 0 Å². The second-order valence-corrected chi connectivity index (χ2v) is 7.96. The molecule has 0 bridgehead atoms. The Bertz CT molecular complexity index is 790. The smallest absolute Gasteiger partial charge is 0.179 e. The Labute approximate surface area is 142 Å². The minimum Gasteiger partial charge on any atom is -0.486 e. The van der Waals surface area contributed by atoms with E-state index in [1.54, 1.807) is 24.3 Å². The summed E-state index contributed by atoms with van der Waals surface area (Å²) < 4.78 is 35.7. The van der Waals surface area contributed by atoms with Gasteiger partial charge in [0.05, 0.1) is 10.6 Å². The molecule has 24 heavy (non-hydrogen) atoms. The summed E-state index contributed by atoms with van der Waals surface area (Å²) in [6, 6.07) is 14.4. The molecule has 0 aromatic heterocycles. The molecule has 0 N–H and O–H groups in total.